The molecular formula is C14H27Cl4O4P. The van der Waals surface area contributed by atoms with Crippen LogP contribution in [0, 0.1) is 0 Å². The quantitative estimate of drug-likeness (QED) is 0.166. The molecule has 23 heavy (non-hydrogen) atoms. The number of hydrogen-bond acceptors (Lipinski definition) is 4. The van der Waals surface area contributed by atoms with Gasteiger partial charge in [-0.2, -0.15) is 0 Å². The zero-order chi connectivity index (χ0) is 17.6. The van der Waals surface area contributed by atoms with E-state index < -0.39 is 18.6 Å². The number of alkyl halides is 4. The molecule has 2 atom stereocenters. The lowest BCUT2D eigenvalue weighted by Crippen LogP contribution is -2.15. The van der Waals surface area contributed by atoms with E-state index in [2.05, 4.69) is 6.92 Å². The third kappa shape index (κ3) is 14.2. The molecule has 0 radical (unpaired) electrons. The van der Waals surface area contributed by atoms with Crippen molar-refractivity contribution < 1.29 is 18.1 Å². The summed E-state index contributed by atoms with van der Waals surface area (Å²) in [6, 6.07) is 0. The molecule has 0 amide bonds. The van der Waals surface area contributed by atoms with E-state index in [1.54, 1.807) is 0 Å². The molecule has 0 aromatic carbocycles. The fourth-order valence-electron chi connectivity index (χ4n) is 1.60. The minimum Gasteiger partial charge on any atom is -0.287 e. The average molecular weight is 432 g/mol. The summed E-state index contributed by atoms with van der Waals surface area (Å²) >= 11 is 22.9. The van der Waals surface area contributed by atoms with Crippen molar-refractivity contribution in [2.24, 2.45) is 0 Å². The van der Waals surface area contributed by atoms with E-state index in [0.717, 1.165) is 19.3 Å². The van der Waals surface area contributed by atoms with Gasteiger partial charge >= 0.3 is 7.82 Å². The average Bonchev–Trinajstić information content (AvgIpc) is 2.56. The van der Waals surface area contributed by atoms with E-state index in [-0.39, 0.29) is 25.0 Å². The van der Waals surface area contributed by atoms with Crippen molar-refractivity contribution in [2.75, 3.05) is 31.6 Å². The van der Waals surface area contributed by atoms with Crippen molar-refractivity contribution in [3.05, 3.63) is 0 Å². The van der Waals surface area contributed by atoms with Crippen molar-refractivity contribution in [2.45, 2.75) is 56.2 Å². The number of phosphoric ester groups is 1. The SMILES string of the molecule is CCCCCCCCOP(=O)(OCC(Cl)CCl)OCC(Cl)CCl. The Morgan fingerprint density at radius 1 is 0.826 bits per heavy atom. The Morgan fingerprint density at radius 3 is 1.78 bits per heavy atom. The maximum absolute atomic E-state index is 12.5. The summed E-state index contributed by atoms with van der Waals surface area (Å²) in [6.45, 7) is 2.42. The molecule has 0 aromatic rings. The van der Waals surface area contributed by atoms with E-state index in [1.807, 2.05) is 0 Å². The molecule has 2 unspecified atom stereocenters. The lowest BCUT2D eigenvalue weighted by Gasteiger charge is -2.20. The van der Waals surface area contributed by atoms with Gasteiger partial charge in [0.15, 0.2) is 0 Å². The lowest BCUT2D eigenvalue weighted by molar-refractivity contribution is 0.113. The molecule has 4 nitrogen and oxygen atoms in total. The van der Waals surface area contributed by atoms with Crippen LogP contribution in [0.5, 0.6) is 0 Å². The summed E-state index contributed by atoms with van der Waals surface area (Å²) in [6.07, 6.45) is 6.58. The lowest BCUT2D eigenvalue weighted by atomic mass is 10.1. The second-order valence-electron chi connectivity index (χ2n) is 5.14. The zero-order valence-electron chi connectivity index (χ0n) is 13.5. The highest BCUT2D eigenvalue weighted by molar-refractivity contribution is 7.48. The van der Waals surface area contributed by atoms with Gasteiger partial charge in [-0.15, -0.1) is 46.4 Å². The number of hydrogen-bond donors (Lipinski definition) is 0. The van der Waals surface area contributed by atoms with Crippen LogP contribution in [0.1, 0.15) is 45.4 Å². The minimum atomic E-state index is -3.70. The molecule has 0 aromatic heterocycles. The second kappa shape index (κ2) is 15.5. The third-order valence-electron chi connectivity index (χ3n) is 2.91. The molecule has 0 aliphatic rings. The van der Waals surface area contributed by atoms with E-state index in [0.29, 0.717) is 6.61 Å². The van der Waals surface area contributed by atoms with Gasteiger partial charge in [0.1, 0.15) is 0 Å². The molecule has 0 rings (SSSR count). The van der Waals surface area contributed by atoms with Crippen LogP contribution < -0.4 is 0 Å². The topological polar surface area (TPSA) is 44.8 Å². The highest BCUT2D eigenvalue weighted by Gasteiger charge is 2.28. The van der Waals surface area contributed by atoms with Crippen LogP contribution >= 0.6 is 54.2 Å². The molecule has 0 aliphatic carbocycles. The summed E-state index contributed by atoms with van der Waals surface area (Å²) < 4.78 is 28.3. The van der Waals surface area contributed by atoms with Gasteiger partial charge in [0.2, 0.25) is 0 Å². The van der Waals surface area contributed by atoms with E-state index in [1.165, 1.54) is 19.3 Å². The van der Waals surface area contributed by atoms with Gasteiger partial charge in [-0.1, -0.05) is 39.0 Å². The molecule has 0 heterocycles. The molecule has 0 fully saturated rings. The Hall–Kier alpha value is 1.27. The smallest absolute Gasteiger partial charge is 0.287 e. The van der Waals surface area contributed by atoms with Crippen LogP contribution in [0.2, 0.25) is 0 Å². The summed E-state index contributed by atoms with van der Waals surface area (Å²) in [4.78, 5) is 0. The van der Waals surface area contributed by atoms with Gasteiger partial charge in [0.05, 0.1) is 30.6 Å². The molecule has 9 heteroatoms. The monoisotopic (exact) mass is 430 g/mol. The van der Waals surface area contributed by atoms with Crippen molar-refractivity contribution in [1.29, 1.82) is 0 Å². The minimum absolute atomic E-state index is 0.0212. The number of rotatable bonds is 16. The van der Waals surface area contributed by atoms with Crippen LogP contribution in [0.15, 0.2) is 0 Å². The highest BCUT2D eigenvalue weighted by atomic mass is 35.5. The van der Waals surface area contributed by atoms with Crippen LogP contribution in [0.3, 0.4) is 0 Å². The summed E-state index contributed by atoms with van der Waals surface area (Å²) in [5.74, 6) is 0.359. The molecule has 0 aliphatic heterocycles. The Bertz CT molecular complexity index is 305. The highest BCUT2D eigenvalue weighted by Crippen LogP contribution is 2.50. The number of halogens is 4. The maximum Gasteiger partial charge on any atom is 0.474 e. The Labute approximate surface area is 160 Å². The first kappa shape index (κ1) is 24.3. The molecular weight excluding hydrogens is 405 g/mol. The fourth-order valence-corrected chi connectivity index (χ4v) is 3.39. The fraction of sp³-hybridized carbons (Fsp3) is 1.00. The van der Waals surface area contributed by atoms with Gasteiger partial charge < -0.3 is 0 Å². The maximum atomic E-state index is 12.5. The first-order valence-corrected chi connectivity index (χ1v) is 11.3. The molecule has 0 saturated heterocycles. The first-order chi connectivity index (χ1) is 11.0. The Morgan fingerprint density at radius 2 is 1.30 bits per heavy atom. The molecule has 0 spiro atoms. The van der Waals surface area contributed by atoms with Crippen molar-refractivity contribution in [3.8, 4) is 0 Å². The van der Waals surface area contributed by atoms with Crippen molar-refractivity contribution >= 4 is 54.2 Å². The van der Waals surface area contributed by atoms with E-state index in [9.17, 15) is 4.57 Å². The van der Waals surface area contributed by atoms with Crippen LogP contribution in [-0.4, -0.2) is 42.3 Å². The predicted octanol–water partition coefficient (Wildman–Crippen LogP) is 6.20. The van der Waals surface area contributed by atoms with Gasteiger partial charge in [-0.25, -0.2) is 4.57 Å². The van der Waals surface area contributed by atoms with Gasteiger partial charge in [0, 0.05) is 11.8 Å². The third-order valence-corrected chi connectivity index (χ3v) is 5.96. The zero-order valence-corrected chi connectivity index (χ0v) is 17.4. The van der Waals surface area contributed by atoms with E-state index in [4.69, 9.17) is 60.0 Å². The van der Waals surface area contributed by atoms with Gasteiger partial charge in [0.25, 0.3) is 0 Å². The van der Waals surface area contributed by atoms with Crippen molar-refractivity contribution in [3.63, 3.8) is 0 Å². The second-order valence-corrected chi connectivity index (χ2v) is 8.66. The normalized spacial score (nSPS) is 16.9. The first-order valence-electron chi connectivity index (χ1n) is 7.91. The van der Waals surface area contributed by atoms with Gasteiger partial charge in [-0.3, -0.25) is 13.6 Å². The van der Waals surface area contributed by atoms with Gasteiger partial charge in [-0.05, 0) is 6.42 Å². The number of phosphoric acid groups is 1. The predicted molar refractivity (Wildman–Crippen MR) is 99.6 cm³/mol. The van der Waals surface area contributed by atoms with Crippen molar-refractivity contribution in [1.82, 2.24) is 0 Å². The molecule has 0 saturated carbocycles. The summed E-state index contributed by atoms with van der Waals surface area (Å²) in [7, 11) is -3.70. The molecule has 140 valence electrons. The number of unbranched alkanes of at least 4 members (excludes halogenated alkanes) is 5. The molecule has 0 bridgehead atoms. The van der Waals surface area contributed by atoms with Crippen LogP contribution in [-0.2, 0) is 18.1 Å². The van der Waals surface area contributed by atoms with Crippen LogP contribution in [0.4, 0.5) is 0 Å². The Balaban J connectivity index is 4.17. The molecule has 0 N–H and O–H groups in total. The summed E-state index contributed by atoms with van der Waals surface area (Å²) in [5, 5.41) is -0.933. The summed E-state index contributed by atoms with van der Waals surface area (Å²) in [5.41, 5.74) is 0. The van der Waals surface area contributed by atoms with Crippen LogP contribution in [0.25, 0.3) is 0 Å². The Kier molecular flexibility index (Phi) is 16.4. The van der Waals surface area contributed by atoms with E-state index >= 15 is 0 Å². The largest absolute Gasteiger partial charge is 0.474 e. The standard InChI is InChI=1S/C14H27Cl4O4P/c1-2-3-4-5-6-7-8-20-23(19,21-11-13(17)9-15)22-12-14(18)10-16/h13-14H,2-12H2,1H3.